The Morgan fingerprint density at radius 3 is 2.81 bits per heavy atom. The summed E-state index contributed by atoms with van der Waals surface area (Å²) in [6, 6.07) is 11.9. The molecule has 1 saturated heterocycles. The Hall–Kier alpha value is -3.06. The first kappa shape index (κ1) is 19.6. The summed E-state index contributed by atoms with van der Waals surface area (Å²) < 4.78 is 10.8. The number of fused-ring (bicyclic) bond motifs is 3. The van der Waals surface area contributed by atoms with Crippen LogP contribution in [-0.4, -0.2) is 41.3 Å². The lowest BCUT2D eigenvalue weighted by Gasteiger charge is -2.59. The van der Waals surface area contributed by atoms with E-state index in [9.17, 15) is 4.79 Å². The molecule has 164 valence electrons. The summed E-state index contributed by atoms with van der Waals surface area (Å²) in [5.74, 6) is 2.10. The van der Waals surface area contributed by atoms with Gasteiger partial charge in [-0.2, -0.15) is 0 Å². The molecular weight excluding hydrogens is 428 g/mol. The SMILES string of the molecule is COC(=O)N1Cc2cc(Cl)ccc2-c2c(C3CC4(C3)CN(c3ccccn3)C4)noc2C1. The number of carbonyl (C=O) groups excluding carboxylic acids is 1. The number of ether oxygens (including phenoxy) is 1. The molecule has 2 aromatic heterocycles. The molecule has 0 radical (unpaired) electrons. The number of pyridine rings is 1. The van der Waals surface area contributed by atoms with Crippen LogP contribution in [0.1, 0.15) is 35.8 Å². The van der Waals surface area contributed by atoms with Crippen molar-refractivity contribution in [1.29, 1.82) is 0 Å². The fraction of sp³-hybridized carbons (Fsp3) is 0.375. The number of methoxy groups -OCH3 is 1. The Labute approximate surface area is 190 Å². The number of hydrogen-bond acceptors (Lipinski definition) is 6. The molecule has 1 saturated carbocycles. The Morgan fingerprint density at radius 1 is 1.22 bits per heavy atom. The number of benzene rings is 1. The molecule has 1 amide bonds. The van der Waals surface area contributed by atoms with E-state index in [1.165, 1.54) is 7.11 Å². The summed E-state index contributed by atoms with van der Waals surface area (Å²) in [5.41, 5.74) is 4.36. The molecule has 1 aromatic carbocycles. The number of nitrogens with zero attached hydrogens (tertiary/aromatic N) is 4. The van der Waals surface area contributed by atoms with Gasteiger partial charge in [0.05, 0.1) is 31.5 Å². The molecule has 2 aliphatic heterocycles. The monoisotopic (exact) mass is 450 g/mol. The molecule has 3 aliphatic rings. The number of anilines is 1. The molecule has 0 atom stereocenters. The second-order valence-electron chi connectivity index (χ2n) is 9.14. The molecule has 4 heterocycles. The number of amides is 1. The van der Waals surface area contributed by atoms with Crippen molar-refractivity contribution in [2.24, 2.45) is 5.41 Å². The topological polar surface area (TPSA) is 71.7 Å². The van der Waals surface area contributed by atoms with Crippen LogP contribution in [0.2, 0.25) is 5.02 Å². The van der Waals surface area contributed by atoms with Gasteiger partial charge < -0.3 is 14.2 Å². The second-order valence-corrected chi connectivity index (χ2v) is 9.58. The van der Waals surface area contributed by atoms with Crippen molar-refractivity contribution in [3.8, 4) is 11.1 Å². The first-order valence-corrected chi connectivity index (χ1v) is 11.2. The standard InChI is InChI=1S/C24H23ClN4O3/c1-31-23(30)28-11-15-8-17(25)5-6-18(15)21-19(12-28)32-27-22(21)16-9-24(10-16)13-29(14-24)20-4-2-3-7-26-20/h2-8,16H,9-14H2,1H3. The second kappa shape index (κ2) is 7.24. The summed E-state index contributed by atoms with van der Waals surface area (Å²) in [5, 5.41) is 5.13. The smallest absolute Gasteiger partial charge is 0.410 e. The molecule has 32 heavy (non-hydrogen) atoms. The van der Waals surface area contributed by atoms with Crippen LogP contribution >= 0.6 is 11.6 Å². The molecule has 2 fully saturated rings. The molecule has 6 rings (SSSR count). The zero-order valence-corrected chi connectivity index (χ0v) is 18.5. The maximum absolute atomic E-state index is 12.3. The van der Waals surface area contributed by atoms with Crippen LogP contribution in [0.25, 0.3) is 11.1 Å². The van der Waals surface area contributed by atoms with Crippen LogP contribution in [-0.2, 0) is 17.8 Å². The van der Waals surface area contributed by atoms with Gasteiger partial charge in [0.15, 0.2) is 5.76 Å². The maximum Gasteiger partial charge on any atom is 0.410 e. The Morgan fingerprint density at radius 2 is 2.06 bits per heavy atom. The minimum absolute atomic E-state index is 0.326. The van der Waals surface area contributed by atoms with Crippen molar-refractivity contribution in [2.75, 3.05) is 25.1 Å². The Kier molecular flexibility index (Phi) is 4.43. The lowest BCUT2D eigenvalue weighted by atomic mass is 9.56. The van der Waals surface area contributed by atoms with Crippen LogP contribution < -0.4 is 4.90 Å². The Balaban J connectivity index is 1.27. The molecule has 7 nitrogen and oxygen atoms in total. The molecule has 0 unspecified atom stereocenters. The number of aromatic nitrogens is 2. The van der Waals surface area contributed by atoms with Crippen LogP contribution in [0, 0.1) is 5.41 Å². The highest BCUT2D eigenvalue weighted by atomic mass is 35.5. The number of carbonyl (C=O) groups is 1. The van der Waals surface area contributed by atoms with Crippen LogP contribution in [0.4, 0.5) is 10.6 Å². The summed E-state index contributed by atoms with van der Waals surface area (Å²) >= 11 is 6.28. The summed E-state index contributed by atoms with van der Waals surface area (Å²) in [7, 11) is 1.39. The largest absolute Gasteiger partial charge is 0.453 e. The third kappa shape index (κ3) is 3.06. The fourth-order valence-electron chi connectivity index (χ4n) is 5.55. The highest BCUT2D eigenvalue weighted by molar-refractivity contribution is 6.30. The maximum atomic E-state index is 12.3. The van der Waals surface area contributed by atoms with E-state index < -0.39 is 6.09 Å². The molecular formula is C24H23ClN4O3. The van der Waals surface area contributed by atoms with Gasteiger partial charge in [0.1, 0.15) is 5.82 Å². The van der Waals surface area contributed by atoms with Gasteiger partial charge >= 0.3 is 6.09 Å². The van der Waals surface area contributed by atoms with Gasteiger partial charge in [-0.15, -0.1) is 0 Å². The molecule has 1 aliphatic carbocycles. The van der Waals surface area contributed by atoms with Gasteiger partial charge in [-0.25, -0.2) is 9.78 Å². The predicted octanol–water partition coefficient (Wildman–Crippen LogP) is 4.86. The third-order valence-corrected chi connectivity index (χ3v) is 7.26. The molecule has 3 aromatic rings. The molecule has 8 heteroatoms. The van der Waals surface area contributed by atoms with Crippen molar-refractivity contribution in [2.45, 2.75) is 31.8 Å². The van der Waals surface area contributed by atoms with Gasteiger partial charge in [-0.3, -0.25) is 4.90 Å². The van der Waals surface area contributed by atoms with Crippen molar-refractivity contribution in [3.05, 3.63) is 64.6 Å². The average Bonchev–Trinajstić information content (AvgIpc) is 3.07. The number of halogens is 1. The van der Waals surface area contributed by atoms with Gasteiger partial charge in [0, 0.05) is 35.6 Å². The molecule has 0 bridgehead atoms. The van der Waals surface area contributed by atoms with Gasteiger partial charge in [-0.05, 0) is 48.2 Å². The van der Waals surface area contributed by atoms with E-state index in [0.717, 1.165) is 54.1 Å². The van der Waals surface area contributed by atoms with E-state index in [1.807, 2.05) is 36.5 Å². The van der Waals surface area contributed by atoms with E-state index in [-0.39, 0.29) is 0 Å². The molecule has 1 spiro atoms. The molecule has 0 N–H and O–H groups in total. The van der Waals surface area contributed by atoms with Crippen molar-refractivity contribution >= 4 is 23.5 Å². The van der Waals surface area contributed by atoms with E-state index in [1.54, 1.807) is 4.90 Å². The van der Waals surface area contributed by atoms with Crippen molar-refractivity contribution < 1.29 is 14.1 Å². The Bertz CT molecular complexity index is 1180. The minimum Gasteiger partial charge on any atom is -0.453 e. The minimum atomic E-state index is -0.395. The van der Waals surface area contributed by atoms with Crippen molar-refractivity contribution in [1.82, 2.24) is 15.0 Å². The number of hydrogen-bond donors (Lipinski definition) is 0. The van der Waals surface area contributed by atoms with Crippen LogP contribution in [0.5, 0.6) is 0 Å². The van der Waals surface area contributed by atoms with Gasteiger partial charge in [-0.1, -0.05) is 28.9 Å². The zero-order chi connectivity index (χ0) is 21.9. The fourth-order valence-corrected chi connectivity index (χ4v) is 5.74. The number of rotatable bonds is 2. The summed E-state index contributed by atoms with van der Waals surface area (Å²) in [4.78, 5) is 20.7. The van der Waals surface area contributed by atoms with Gasteiger partial charge in [0.2, 0.25) is 0 Å². The van der Waals surface area contributed by atoms with E-state index in [4.69, 9.17) is 20.9 Å². The highest BCUT2D eigenvalue weighted by Crippen LogP contribution is 2.58. The van der Waals surface area contributed by atoms with Crippen LogP contribution in [0.15, 0.2) is 47.1 Å². The third-order valence-electron chi connectivity index (χ3n) is 7.03. The predicted molar refractivity (Wildman–Crippen MR) is 119 cm³/mol. The first-order chi connectivity index (χ1) is 15.5. The quantitative estimate of drug-likeness (QED) is 0.555. The van der Waals surface area contributed by atoms with Gasteiger partial charge in [0.25, 0.3) is 0 Å². The zero-order valence-electron chi connectivity index (χ0n) is 17.8. The summed E-state index contributed by atoms with van der Waals surface area (Å²) in [6.45, 7) is 2.80. The first-order valence-electron chi connectivity index (χ1n) is 10.8. The van der Waals surface area contributed by atoms with E-state index in [0.29, 0.717) is 35.2 Å². The normalized spacial score (nSPS) is 18.9. The summed E-state index contributed by atoms with van der Waals surface area (Å²) in [6.07, 6.45) is 3.61. The lowest BCUT2D eigenvalue weighted by molar-refractivity contribution is 0.0596. The lowest BCUT2D eigenvalue weighted by Crippen LogP contribution is -2.62. The van der Waals surface area contributed by atoms with Crippen molar-refractivity contribution in [3.63, 3.8) is 0 Å². The van der Waals surface area contributed by atoms with E-state index >= 15 is 0 Å². The highest BCUT2D eigenvalue weighted by Gasteiger charge is 2.54. The van der Waals surface area contributed by atoms with Crippen LogP contribution in [0.3, 0.4) is 0 Å². The van der Waals surface area contributed by atoms with E-state index in [2.05, 4.69) is 21.1 Å². The average molecular weight is 451 g/mol.